The molecule has 0 bridgehead atoms. The largest absolute Gasteiger partial charge is 0.486 e. The van der Waals surface area contributed by atoms with Gasteiger partial charge < -0.3 is 14.8 Å². The number of fused-ring (bicyclic) bond motifs is 1. The van der Waals surface area contributed by atoms with E-state index in [1.807, 2.05) is 12.1 Å². The zero-order valence-electron chi connectivity index (χ0n) is 11.2. The number of nitrogens with one attached hydrogen (secondary N) is 1. The molecule has 0 saturated heterocycles. The van der Waals surface area contributed by atoms with Crippen molar-refractivity contribution in [3.63, 3.8) is 0 Å². The molecule has 1 aromatic heterocycles. The van der Waals surface area contributed by atoms with Gasteiger partial charge in [0.1, 0.15) is 13.2 Å². The lowest BCUT2D eigenvalue weighted by molar-refractivity contribution is 0.171. The van der Waals surface area contributed by atoms with Gasteiger partial charge in [-0.25, -0.2) is 0 Å². The van der Waals surface area contributed by atoms with Crippen molar-refractivity contribution < 1.29 is 9.47 Å². The number of halogens is 1. The Morgan fingerprint density at radius 3 is 2.70 bits per heavy atom. The van der Waals surface area contributed by atoms with E-state index in [2.05, 4.69) is 29.8 Å². The maximum atomic E-state index is 6.44. The lowest BCUT2D eigenvalue weighted by Gasteiger charge is -2.23. The molecule has 0 fully saturated rings. The fourth-order valence-electron chi connectivity index (χ4n) is 2.32. The standard InChI is InChI=1S/C15H16ClNO2S/c1-2-17-15(14-4-3-7-20-14)10-8-12-13(9-11(10)16)19-6-5-18-12/h3-4,7-9,15,17H,2,5-6H2,1H3. The van der Waals surface area contributed by atoms with Gasteiger partial charge in [-0.1, -0.05) is 24.6 Å². The molecule has 1 aliphatic rings. The van der Waals surface area contributed by atoms with Crippen LogP contribution in [0.25, 0.3) is 0 Å². The summed E-state index contributed by atoms with van der Waals surface area (Å²) in [6.45, 7) is 4.11. The van der Waals surface area contributed by atoms with Gasteiger partial charge in [-0.05, 0) is 29.6 Å². The third kappa shape index (κ3) is 2.64. The van der Waals surface area contributed by atoms with Crippen LogP contribution in [0, 0.1) is 0 Å². The van der Waals surface area contributed by atoms with Gasteiger partial charge in [0.05, 0.1) is 6.04 Å². The number of hydrogen-bond donors (Lipinski definition) is 1. The second-order valence-corrected chi connectivity index (χ2v) is 5.91. The van der Waals surface area contributed by atoms with Crippen LogP contribution in [-0.2, 0) is 0 Å². The Bertz CT molecular complexity index is 586. The quantitative estimate of drug-likeness (QED) is 0.930. The summed E-state index contributed by atoms with van der Waals surface area (Å²) in [6.07, 6.45) is 0. The van der Waals surface area contributed by atoms with Crippen molar-refractivity contribution in [3.8, 4) is 11.5 Å². The third-order valence-corrected chi connectivity index (χ3v) is 4.47. The molecule has 106 valence electrons. The summed E-state index contributed by atoms with van der Waals surface area (Å²) < 4.78 is 11.2. The van der Waals surface area contributed by atoms with Crippen molar-refractivity contribution in [2.24, 2.45) is 0 Å². The molecule has 0 spiro atoms. The second-order valence-electron chi connectivity index (χ2n) is 4.52. The molecule has 0 aliphatic carbocycles. The van der Waals surface area contributed by atoms with E-state index in [1.165, 1.54) is 4.88 Å². The maximum absolute atomic E-state index is 6.44. The summed E-state index contributed by atoms with van der Waals surface area (Å²) in [6, 6.07) is 8.09. The Kier molecular flexibility index (Phi) is 4.15. The van der Waals surface area contributed by atoms with E-state index in [4.69, 9.17) is 21.1 Å². The van der Waals surface area contributed by atoms with E-state index < -0.39 is 0 Å². The molecule has 2 heterocycles. The minimum atomic E-state index is 0.0864. The molecule has 2 aromatic rings. The van der Waals surface area contributed by atoms with E-state index in [-0.39, 0.29) is 6.04 Å². The molecule has 1 unspecified atom stereocenters. The lowest BCUT2D eigenvalue weighted by atomic mass is 10.0. The Balaban J connectivity index is 2.02. The highest BCUT2D eigenvalue weighted by Crippen LogP contribution is 2.40. The van der Waals surface area contributed by atoms with Crippen LogP contribution in [0.2, 0.25) is 5.02 Å². The fraction of sp³-hybridized carbons (Fsp3) is 0.333. The minimum absolute atomic E-state index is 0.0864. The van der Waals surface area contributed by atoms with Crippen molar-refractivity contribution in [2.45, 2.75) is 13.0 Å². The number of ether oxygens (including phenoxy) is 2. The van der Waals surface area contributed by atoms with Crippen molar-refractivity contribution >= 4 is 22.9 Å². The van der Waals surface area contributed by atoms with Crippen LogP contribution in [0.3, 0.4) is 0 Å². The van der Waals surface area contributed by atoms with Crippen LogP contribution in [0.15, 0.2) is 29.6 Å². The third-order valence-electron chi connectivity index (χ3n) is 3.21. The molecule has 3 nitrogen and oxygen atoms in total. The summed E-state index contributed by atoms with van der Waals surface area (Å²) >= 11 is 8.16. The highest BCUT2D eigenvalue weighted by atomic mass is 35.5. The van der Waals surface area contributed by atoms with Crippen LogP contribution < -0.4 is 14.8 Å². The van der Waals surface area contributed by atoms with E-state index >= 15 is 0 Å². The summed E-state index contributed by atoms with van der Waals surface area (Å²) in [5, 5.41) is 6.26. The molecule has 0 amide bonds. The Morgan fingerprint density at radius 1 is 1.30 bits per heavy atom. The van der Waals surface area contributed by atoms with Gasteiger partial charge in [-0.2, -0.15) is 0 Å². The van der Waals surface area contributed by atoms with E-state index in [9.17, 15) is 0 Å². The summed E-state index contributed by atoms with van der Waals surface area (Å²) in [5.41, 5.74) is 1.03. The van der Waals surface area contributed by atoms with Crippen molar-refractivity contribution in [3.05, 3.63) is 45.1 Å². The fourth-order valence-corrected chi connectivity index (χ4v) is 3.40. The molecule has 1 atom stereocenters. The van der Waals surface area contributed by atoms with Gasteiger partial charge in [-0.3, -0.25) is 0 Å². The smallest absolute Gasteiger partial charge is 0.162 e. The van der Waals surface area contributed by atoms with Crippen molar-refractivity contribution in [2.75, 3.05) is 19.8 Å². The first-order valence-corrected chi connectivity index (χ1v) is 7.91. The van der Waals surface area contributed by atoms with Crippen LogP contribution >= 0.6 is 22.9 Å². The molecular formula is C15H16ClNO2S. The second kappa shape index (κ2) is 6.04. The topological polar surface area (TPSA) is 30.5 Å². The predicted octanol–water partition coefficient (Wildman–Crippen LogP) is 3.87. The monoisotopic (exact) mass is 309 g/mol. The van der Waals surface area contributed by atoms with E-state index in [1.54, 1.807) is 11.3 Å². The first-order valence-electron chi connectivity index (χ1n) is 6.65. The normalized spacial score (nSPS) is 15.1. The number of thiophene rings is 1. The van der Waals surface area contributed by atoms with Gasteiger partial charge in [0.25, 0.3) is 0 Å². The molecule has 0 radical (unpaired) electrons. The Morgan fingerprint density at radius 2 is 2.05 bits per heavy atom. The van der Waals surface area contributed by atoms with E-state index in [0.717, 1.165) is 23.6 Å². The molecule has 3 rings (SSSR count). The summed E-state index contributed by atoms with van der Waals surface area (Å²) in [4.78, 5) is 1.24. The Hall–Kier alpha value is -1.23. The number of hydrogen-bond acceptors (Lipinski definition) is 4. The average Bonchev–Trinajstić information content (AvgIpc) is 2.98. The number of benzene rings is 1. The minimum Gasteiger partial charge on any atom is -0.486 e. The molecule has 5 heteroatoms. The first-order chi connectivity index (χ1) is 9.79. The van der Waals surface area contributed by atoms with Gasteiger partial charge in [0, 0.05) is 16.0 Å². The average molecular weight is 310 g/mol. The highest BCUT2D eigenvalue weighted by Gasteiger charge is 2.22. The molecule has 0 saturated carbocycles. The van der Waals surface area contributed by atoms with Crippen LogP contribution in [0.1, 0.15) is 23.4 Å². The summed E-state index contributed by atoms with van der Waals surface area (Å²) in [7, 11) is 0. The highest BCUT2D eigenvalue weighted by molar-refractivity contribution is 7.10. The maximum Gasteiger partial charge on any atom is 0.162 e. The molecular weight excluding hydrogens is 294 g/mol. The molecule has 1 N–H and O–H groups in total. The van der Waals surface area contributed by atoms with Crippen LogP contribution in [0.5, 0.6) is 11.5 Å². The predicted molar refractivity (Wildman–Crippen MR) is 82.3 cm³/mol. The molecule has 1 aliphatic heterocycles. The van der Waals surface area contributed by atoms with Crippen LogP contribution in [-0.4, -0.2) is 19.8 Å². The Labute approximate surface area is 127 Å². The molecule has 20 heavy (non-hydrogen) atoms. The SMILES string of the molecule is CCNC(c1cccs1)c1cc2c(cc1Cl)OCCO2. The zero-order valence-corrected chi connectivity index (χ0v) is 12.8. The lowest BCUT2D eigenvalue weighted by Crippen LogP contribution is -2.22. The van der Waals surface area contributed by atoms with E-state index in [0.29, 0.717) is 18.2 Å². The van der Waals surface area contributed by atoms with Gasteiger partial charge in [-0.15, -0.1) is 11.3 Å². The van der Waals surface area contributed by atoms with Gasteiger partial charge >= 0.3 is 0 Å². The van der Waals surface area contributed by atoms with Gasteiger partial charge in [0.2, 0.25) is 0 Å². The molecule has 1 aromatic carbocycles. The zero-order chi connectivity index (χ0) is 13.9. The summed E-state index contributed by atoms with van der Waals surface area (Å²) in [5.74, 6) is 1.50. The number of rotatable bonds is 4. The van der Waals surface area contributed by atoms with Crippen LogP contribution in [0.4, 0.5) is 0 Å². The van der Waals surface area contributed by atoms with Crippen molar-refractivity contribution in [1.29, 1.82) is 0 Å². The van der Waals surface area contributed by atoms with Gasteiger partial charge in [0.15, 0.2) is 11.5 Å². The van der Waals surface area contributed by atoms with Crippen molar-refractivity contribution in [1.82, 2.24) is 5.32 Å². The first kappa shape index (κ1) is 13.7.